The van der Waals surface area contributed by atoms with Gasteiger partial charge in [-0.2, -0.15) is 5.10 Å². The highest BCUT2D eigenvalue weighted by Crippen LogP contribution is 2.06. The average Bonchev–Trinajstić information content (AvgIpc) is 2.82. The van der Waals surface area contributed by atoms with Crippen LogP contribution in [-0.4, -0.2) is 25.8 Å². The second-order valence-corrected chi connectivity index (χ2v) is 3.87. The lowest BCUT2D eigenvalue weighted by Gasteiger charge is -2.14. The van der Waals surface area contributed by atoms with Gasteiger partial charge in [0.15, 0.2) is 0 Å². The van der Waals surface area contributed by atoms with Gasteiger partial charge in [-0.3, -0.25) is 4.68 Å². The van der Waals surface area contributed by atoms with Crippen LogP contribution in [0.15, 0.2) is 30.9 Å². The minimum Gasteiger partial charge on any atom is -0.366 e. The first kappa shape index (κ1) is 11.5. The minimum atomic E-state index is 0.232. The highest BCUT2D eigenvalue weighted by molar-refractivity contribution is 5.35. The van der Waals surface area contributed by atoms with Crippen molar-refractivity contribution in [1.29, 1.82) is 0 Å². The van der Waals surface area contributed by atoms with Crippen molar-refractivity contribution >= 4 is 5.82 Å². The molecule has 0 bridgehead atoms. The minimum absolute atomic E-state index is 0.232. The summed E-state index contributed by atoms with van der Waals surface area (Å²) in [6.45, 7) is 3.28. The molecular weight excluding hydrogens is 216 g/mol. The van der Waals surface area contributed by atoms with Crippen molar-refractivity contribution in [3.63, 3.8) is 0 Å². The SMILES string of the molecule is CC(Cn1cccn1)Nc1cc(CN)ncn1. The van der Waals surface area contributed by atoms with E-state index in [1.807, 2.05) is 23.0 Å². The first-order valence-corrected chi connectivity index (χ1v) is 5.53. The number of nitrogens with zero attached hydrogens (tertiary/aromatic N) is 4. The molecule has 0 fully saturated rings. The summed E-state index contributed by atoms with van der Waals surface area (Å²) in [5.74, 6) is 0.792. The lowest BCUT2D eigenvalue weighted by molar-refractivity contribution is 0.559. The quantitative estimate of drug-likeness (QED) is 0.790. The van der Waals surface area contributed by atoms with Gasteiger partial charge in [0, 0.05) is 31.0 Å². The van der Waals surface area contributed by atoms with E-state index in [2.05, 4.69) is 27.3 Å². The molecule has 0 saturated heterocycles. The first-order chi connectivity index (χ1) is 8.28. The van der Waals surface area contributed by atoms with E-state index in [-0.39, 0.29) is 6.04 Å². The van der Waals surface area contributed by atoms with Gasteiger partial charge in [0.1, 0.15) is 12.1 Å². The summed E-state index contributed by atoms with van der Waals surface area (Å²) in [7, 11) is 0. The summed E-state index contributed by atoms with van der Waals surface area (Å²) >= 11 is 0. The maximum atomic E-state index is 5.53. The Bertz CT molecular complexity index is 453. The van der Waals surface area contributed by atoms with E-state index in [0.717, 1.165) is 18.1 Å². The van der Waals surface area contributed by atoms with E-state index < -0.39 is 0 Å². The number of anilines is 1. The van der Waals surface area contributed by atoms with Gasteiger partial charge >= 0.3 is 0 Å². The molecule has 1 atom stereocenters. The molecule has 2 rings (SSSR count). The number of hydrogen-bond donors (Lipinski definition) is 2. The Hall–Kier alpha value is -1.95. The zero-order valence-corrected chi connectivity index (χ0v) is 9.74. The molecule has 0 radical (unpaired) electrons. The summed E-state index contributed by atoms with van der Waals surface area (Å²) in [6.07, 6.45) is 5.22. The maximum absolute atomic E-state index is 5.53. The molecule has 6 nitrogen and oxygen atoms in total. The van der Waals surface area contributed by atoms with E-state index in [1.54, 1.807) is 6.20 Å². The molecule has 3 N–H and O–H groups in total. The lowest BCUT2D eigenvalue weighted by Crippen LogP contribution is -2.23. The van der Waals surface area contributed by atoms with Crippen LogP contribution in [0.2, 0.25) is 0 Å². The standard InChI is InChI=1S/C11H16N6/c1-9(7-17-4-2-3-15-17)16-11-5-10(6-12)13-8-14-11/h2-5,8-9H,6-7,12H2,1H3,(H,13,14,16). The molecule has 0 aliphatic heterocycles. The van der Waals surface area contributed by atoms with Gasteiger partial charge < -0.3 is 11.1 Å². The molecule has 0 spiro atoms. The topological polar surface area (TPSA) is 81.7 Å². The summed E-state index contributed by atoms with van der Waals surface area (Å²) < 4.78 is 1.88. The Kier molecular flexibility index (Phi) is 3.66. The molecule has 90 valence electrons. The Morgan fingerprint density at radius 2 is 2.35 bits per heavy atom. The van der Waals surface area contributed by atoms with Crippen molar-refractivity contribution in [1.82, 2.24) is 19.7 Å². The maximum Gasteiger partial charge on any atom is 0.129 e. The van der Waals surface area contributed by atoms with E-state index >= 15 is 0 Å². The molecule has 0 aliphatic rings. The van der Waals surface area contributed by atoms with E-state index in [9.17, 15) is 0 Å². The fourth-order valence-electron chi connectivity index (χ4n) is 1.58. The van der Waals surface area contributed by atoms with Crippen molar-refractivity contribution in [2.45, 2.75) is 26.1 Å². The van der Waals surface area contributed by atoms with Gasteiger partial charge in [0.05, 0.1) is 12.2 Å². The molecule has 2 heterocycles. The van der Waals surface area contributed by atoms with Crippen molar-refractivity contribution in [3.8, 4) is 0 Å². The summed E-state index contributed by atoms with van der Waals surface area (Å²) in [4.78, 5) is 8.20. The van der Waals surface area contributed by atoms with Crippen LogP contribution in [0.25, 0.3) is 0 Å². The molecule has 0 saturated carbocycles. The van der Waals surface area contributed by atoms with Crippen molar-refractivity contribution in [2.75, 3.05) is 5.32 Å². The fraction of sp³-hybridized carbons (Fsp3) is 0.364. The highest BCUT2D eigenvalue weighted by Gasteiger charge is 2.04. The molecule has 0 amide bonds. The van der Waals surface area contributed by atoms with Crippen LogP contribution in [0.1, 0.15) is 12.6 Å². The molecule has 2 aromatic heterocycles. The summed E-state index contributed by atoms with van der Waals surface area (Å²) in [5, 5.41) is 7.44. The second kappa shape index (κ2) is 5.40. The Morgan fingerprint density at radius 1 is 1.47 bits per heavy atom. The van der Waals surface area contributed by atoms with Gasteiger partial charge in [-0.1, -0.05) is 0 Å². The monoisotopic (exact) mass is 232 g/mol. The van der Waals surface area contributed by atoms with Crippen molar-refractivity contribution in [2.24, 2.45) is 5.73 Å². The van der Waals surface area contributed by atoms with Crippen LogP contribution in [0.5, 0.6) is 0 Å². The average molecular weight is 232 g/mol. The fourth-order valence-corrected chi connectivity index (χ4v) is 1.58. The molecular formula is C11H16N6. The van der Waals surface area contributed by atoms with Gasteiger partial charge in [0.25, 0.3) is 0 Å². The van der Waals surface area contributed by atoms with Crippen molar-refractivity contribution in [3.05, 3.63) is 36.5 Å². The number of rotatable bonds is 5. The van der Waals surface area contributed by atoms with E-state index in [1.165, 1.54) is 6.33 Å². The highest BCUT2D eigenvalue weighted by atomic mass is 15.3. The molecule has 17 heavy (non-hydrogen) atoms. The zero-order valence-electron chi connectivity index (χ0n) is 9.74. The van der Waals surface area contributed by atoms with Gasteiger partial charge in [-0.25, -0.2) is 9.97 Å². The van der Waals surface area contributed by atoms with Crippen LogP contribution >= 0.6 is 0 Å². The van der Waals surface area contributed by atoms with Crippen LogP contribution in [0.4, 0.5) is 5.82 Å². The second-order valence-electron chi connectivity index (χ2n) is 3.87. The van der Waals surface area contributed by atoms with Gasteiger partial charge in [-0.15, -0.1) is 0 Å². The Morgan fingerprint density at radius 3 is 3.06 bits per heavy atom. The van der Waals surface area contributed by atoms with Crippen LogP contribution < -0.4 is 11.1 Å². The van der Waals surface area contributed by atoms with Gasteiger partial charge in [-0.05, 0) is 13.0 Å². The number of nitrogens with one attached hydrogen (secondary N) is 1. The molecule has 2 aromatic rings. The van der Waals surface area contributed by atoms with E-state index in [4.69, 9.17) is 5.73 Å². The molecule has 0 aliphatic carbocycles. The van der Waals surface area contributed by atoms with E-state index in [0.29, 0.717) is 6.54 Å². The molecule has 1 unspecified atom stereocenters. The molecule has 0 aromatic carbocycles. The zero-order chi connectivity index (χ0) is 12.1. The third kappa shape index (κ3) is 3.25. The number of aromatic nitrogens is 4. The smallest absolute Gasteiger partial charge is 0.129 e. The first-order valence-electron chi connectivity index (χ1n) is 5.53. The normalized spacial score (nSPS) is 12.4. The predicted octanol–water partition coefficient (Wildman–Crippen LogP) is 0.632. The Balaban J connectivity index is 1.95. The number of nitrogens with two attached hydrogens (primary N) is 1. The van der Waals surface area contributed by atoms with Crippen LogP contribution in [0, 0.1) is 0 Å². The van der Waals surface area contributed by atoms with Crippen LogP contribution in [0.3, 0.4) is 0 Å². The number of hydrogen-bond acceptors (Lipinski definition) is 5. The van der Waals surface area contributed by atoms with Crippen LogP contribution in [-0.2, 0) is 13.1 Å². The lowest BCUT2D eigenvalue weighted by atomic mass is 10.3. The predicted molar refractivity (Wildman–Crippen MR) is 65.2 cm³/mol. The third-order valence-corrected chi connectivity index (χ3v) is 2.35. The largest absolute Gasteiger partial charge is 0.366 e. The third-order valence-electron chi connectivity index (χ3n) is 2.35. The van der Waals surface area contributed by atoms with Gasteiger partial charge in [0.2, 0.25) is 0 Å². The molecule has 6 heteroatoms. The van der Waals surface area contributed by atoms with Crippen molar-refractivity contribution < 1.29 is 0 Å². The summed E-state index contributed by atoms with van der Waals surface area (Å²) in [5.41, 5.74) is 6.35. The Labute approximate surface area is 99.9 Å². The summed E-state index contributed by atoms with van der Waals surface area (Å²) in [6, 6.07) is 4.00.